The molecule has 5 heteroatoms. The molecule has 1 aliphatic carbocycles. The third-order valence-corrected chi connectivity index (χ3v) is 3.47. The molecule has 1 aliphatic rings. The maximum Gasteiger partial charge on any atom is 0.146 e. The van der Waals surface area contributed by atoms with Crippen LogP contribution in [0.2, 0.25) is 5.02 Å². The van der Waals surface area contributed by atoms with Crippen molar-refractivity contribution in [2.75, 3.05) is 12.4 Å². The molecule has 0 spiro atoms. The second kappa shape index (κ2) is 5.35. The summed E-state index contributed by atoms with van der Waals surface area (Å²) in [5, 5.41) is 12.5. The van der Waals surface area contributed by atoms with E-state index in [-0.39, 0.29) is 12.1 Å². The first-order valence-corrected chi connectivity index (χ1v) is 5.98. The van der Waals surface area contributed by atoms with Gasteiger partial charge in [0.15, 0.2) is 0 Å². The number of anilines is 1. The van der Waals surface area contributed by atoms with Gasteiger partial charge >= 0.3 is 0 Å². The van der Waals surface area contributed by atoms with Crippen LogP contribution >= 0.6 is 11.6 Å². The van der Waals surface area contributed by atoms with Crippen molar-refractivity contribution < 1.29 is 4.74 Å². The second-order valence-electron chi connectivity index (χ2n) is 4.09. The van der Waals surface area contributed by atoms with Gasteiger partial charge in [-0.25, -0.2) is 4.98 Å². The van der Waals surface area contributed by atoms with Gasteiger partial charge in [0, 0.05) is 13.3 Å². The van der Waals surface area contributed by atoms with Gasteiger partial charge in [-0.1, -0.05) is 11.6 Å². The van der Waals surface area contributed by atoms with Crippen LogP contribution in [0.5, 0.6) is 0 Å². The molecular weight excluding hydrogens is 238 g/mol. The molecule has 0 aliphatic heterocycles. The van der Waals surface area contributed by atoms with Crippen molar-refractivity contribution in [1.82, 2.24) is 4.98 Å². The third kappa shape index (κ3) is 2.51. The molecule has 2 atom stereocenters. The highest BCUT2D eigenvalue weighted by molar-refractivity contribution is 6.34. The van der Waals surface area contributed by atoms with E-state index >= 15 is 0 Å². The molecule has 1 fully saturated rings. The quantitative estimate of drug-likeness (QED) is 0.897. The average molecular weight is 252 g/mol. The lowest BCUT2D eigenvalue weighted by Gasteiger charge is -2.20. The minimum atomic E-state index is 0.193. The van der Waals surface area contributed by atoms with Crippen LogP contribution in [0.25, 0.3) is 0 Å². The van der Waals surface area contributed by atoms with Gasteiger partial charge in [-0.05, 0) is 25.3 Å². The predicted molar refractivity (Wildman–Crippen MR) is 66.0 cm³/mol. The first-order valence-electron chi connectivity index (χ1n) is 5.60. The number of hydrogen-bond acceptors (Lipinski definition) is 4. The summed E-state index contributed by atoms with van der Waals surface area (Å²) in [5.74, 6) is 0.569. The van der Waals surface area contributed by atoms with E-state index in [0.29, 0.717) is 16.4 Å². The summed E-state index contributed by atoms with van der Waals surface area (Å²) in [6.07, 6.45) is 4.99. The first-order chi connectivity index (χ1) is 8.26. The van der Waals surface area contributed by atoms with Gasteiger partial charge in [0.1, 0.15) is 16.9 Å². The number of aromatic nitrogens is 1. The van der Waals surface area contributed by atoms with Crippen molar-refractivity contribution in [3.8, 4) is 6.07 Å². The van der Waals surface area contributed by atoms with E-state index in [2.05, 4.69) is 10.3 Å². The van der Waals surface area contributed by atoms with E-state index in [9.17, 15) is 0 Å². The van der Waals surface area contributed by atoms with Crippen LogP contribution in [0.1, 0.15) is 24.8 Å². The lowest BCUT2D eigenvalue weighted by molar-refractivity contribution is 0.101. The maximum absolute atomic E-state index is 8.89. The fourth-order valence-corrected chi connectivity index (χ4v) is 2.39. The number of hydrogen-bond donors (Lipinski definition) is 1. The Bertz CT molecular complexity index is 444. The SMILES string of the molecule is COC1CCCC1Nc1nccc(C#N)c1Cl. The molecule has 17 heavy (non-hydrogen) atoms. The summed E-state index contributed by atoms with van der Waals surface area (Å²) in [4.78, 5) is 4.17. The monoisotopic (exact) mass is 251 g/mol. The Hall–Kier alpha value is -1.31. The molecule has 1 aromatic rings. The van der Waals surface area contributed by atoms with Crippen LogP contribution in [0.15, 0.2) is 12.3 Å². The van der Waals surface area contributed by atoms with Crippen LogP contribution in [-0.4, -0.2) is 24.2 Å². The Kier molecular flexibility index (Phi) is 3.82. The Morgan fingerprint density at radius 3 is 3.12 bits per heavy atom. The summed E-state index contributed by atoms with van der Waals surface area (Å²) >= 11 is 6.09. The predicted octanol–water partition coefficient (Wildman–Crippen LogP) is 2.59. The minimum absolute atomic E-state index is 0.193. The number of halogens is 1. The average Bonchev–Trinajstić information content (AvgIpc) is 2.79. The fourth-order valence-electron chi connectivity index (χ4n) is 2.18. The number of nitrogens with one attached hydrogen (secondary N) is 1. The first kappa shape index (κ1) is 12.2. The van der Waals surface area contributed by atoms with Crippen LogP contribution in [0, 0.1) is 11.3 Å². The maximum atomic E-state index is 8.89. The van der Waals surface area contributed by atoms with E-state index in [0.717, 1.165) is 19.3 Å². The topological polar surface area (TPSA) is 57.9 Å². The van der Waals surface area contributed by atoms with Crippen molar-refractivity contribution >= 4 is 17.4 Å². The Balaban J connectivity index is 2.16. The van der Waals surface area contributed by atoms with E-state index < -0.39 is 0 Å². The smallest absolute Gasteiger partial charge is 0.146 e. The summed E-state index contributed by atoms with van der Waals surface area (Å²) in [7, 11) is 1.71. The molecule has 0 amide bonds. The van der Waals surface area contributed by atoms with E-state index in [1.807, 2.05) is 6.07 Å². The van der Waals surface area contributed by atoms with Crippen molar-refractivity contribution in [3.05, 3.63) is 22.8 Å². The molecule has 90 valence electrons. The molecule has 1 N–H and O–H groups in total. The van der Waals surface area contributed by atoms with E-state index in [4.69, 9.17) is 21.6 Å². The second-order valence-corrected chi connectivity index (χ2v) is 4.47. The molecule has 0 radical (unpaired) electrons. The molecule has 0 saturated heterocycles. The Morgan fingerprint density at radius 1 is 1.59 bits per heavy atom. The number of nitrogens with zero attached hydrogens (tertiary/aromatic N) is 2. The molecule has 2 rings (SSSR count). The Morgan fingerprint density at radius 2 is 2.41 bits per heavy atom. The van der Waals surface area contributed by atoms with Gasteiger partial charge in [-0.3, -0.25) is 0 Å². The number of ether oxygens (including phenoxy) is 1. The normalized spacial score (nSPS) is 23.4. The van der Waals surface area contributed by atoms with Crippen molar-refractivity contribution in [1.29, 1.82) is 5.26 Å². The number of pyridine rings is 1. The summed E-state index contributed by atoms with van der Waals surface area (Å²) in [5.41, 5.74) is 0.441. The van der Waals surface area contributed by atoms with Gasteiger partial charge in [-0.15, -0.1) is 0 Å². The summed E-state index contributed by atoms with van der Waals surface area (Å²) in [6.45, 7) is 0. The molecule has 2 unspecified atom stereocenters. The highest BCUT2D eigenvalue weighted by atomic mass is 35.5. The summed E-state index contributed by atoms with van der Waals surface area (Å²) < 4.78 is 5.39. The van der Waals surface area contributed by atoms with Crippen LogP contribution in [0.3, 0.4) is 0 Å². The zero-order valence-electron chi connectivity index (χ0n) is 9.61. The molecule has 1 aromatic heterocycles. The van der Waals surface area contributed by atoms with Crippen molar-refractivity contribution in [3.63, 3.8) is 0 Å². The zero-order valence-corrected chi connectivity index (χ0v) is 10.4. The number of nitriles is 1. The van der Waals surface area contributed by atoms with Gasteiger partial charge in [0.25, 0.3) is 0 Å². The molecule has 0 aromatic carbocycles. The third-order valence-electron chi connectivity index (χ3n) is 3.09. The standard InChI is InChI=1S/C12H14ClN3O/c1-17-10-4-2-3-9(10)16-12-11(13)8(7-14)5-6-15-12/h5-6,9-10H,2-4H2,1H3,(H,15,16). The van der Waals surface area contributed by atoms with Crippen LogP contribution in [-0.2, 0) is 4.74 Å². The van der Waals surface area contributed by atoms with Crippen LogP contribution < -0.4 is 5.32 Å². The van der Waals surface area contributed by atoms with Crippen molar-refractivity contribution in [2.24, 2.45) is 0 Å². The van der Waals surface area contributed by atoms with E-state index in [1.54, 1.807) is 19.4 Å². The fraction of sp³-hybridized carbons (Fsp3) is 0.500. The zero-order chi connectivity index (χ0) is 12.3. The highest BCUT2D eigenvalue weighted by Gasteiger charge is 2.27. The molecular formula is C12H14ClN3O. The molecule has 0 bridgehead atoms. The van der Waals surface area contributed by atoms with Crippen LogP contribution in [0.4, 0.5) is 5.82 Å². The Labute approximate surface area is 106 Å². The lowest BCUT2D eigenvalue weighted by atomic mass is 10.2. The van der Waals surface area contributed by atoms with Gasteiger partial charge in [0.2, 0.25) is 0 Å². The molecule has 1 saturated carbocycles. The lowest BCUT2D eigenvalue weighted by Crippen LogP contribution is -2.30. The number of rotatable bonds is 3. The van der Waals surface area contributed by atoms with Crippen molar-refractivity contribution in [2.45, 2.75) is 31.4 Å². The number of methoxy groups -OCH3 is 1. The van der Waals surface area contributed by atoms with Gasteiger partial charge in [0.05, 0.1) is 17.7 Å². The highest BCUT2D eigenvalue weighted by Crippen LogP contribution is 2.28. The van der Waals surface area contributed by atoms with Gasteiger partial charge < -0.3 is 10.1 Å². The molecule has 4 nitrogen and oxygen atoms in total. The molecule has 1 heterocycles. The largest absolute Gasteiger partial charge is 0.379 e. The summed E-state index contributed by atoms with van der Waals surface area (Å²) in [6, 6.07) is 3.87. The van der Waals surface area contributed by atoms with E-state index in [1.165, 1.54) is 0 Å². The van der Waals surface area contributed by atoms with Gasteiger partial charge in [-0.2, -0.15) is 5.26 Å². The minimum Gasteiger partial charge on any atom is -0.379 e.